The molecular weight excluding hydrogens is 424 g/mol. The molecule has 0 saturated heterocycles. The fourth-order valence-corrected chi connectivity index (χ4v) is 2.33. The van der Waals surface area contributed by atoms with Crippen LogP contribution in [0.5, 0.6) is 11.5 Å². The number of nitrogens with zero attached hydrogens (tertiary/aromatic N) is 1. The average Bonchev–Trinajstić information content (AvgIpc) is 2.61. The Morgan fingerprint density at radius 2 is 1.66 bits per heavy atom. The van der Waals surface area contributed by atoms with Gasteiger partial charge in [-0.25, -0.2) is 0 Å². The second kappa shape index (κ2) is 8.55. The molecule has 0 aliphatic rings. The van der Waals surface area contributed by atoms with Crippen LogP contribution in [0.2, 0.25) is 0 Å². The van der Waals surface area contributed by atoms with Gasteiger partial charge in [-0.1, -0.05) is 6.07 Å². The van der Waals surface area contributed by atoms with E-state index in [0.717, 1.165) is 6.21 Å². The second-order valence-corrected chi connectivity index (χ2v) is 5.93. The van der Waals surface area contributed by atoms with Gasteiger partial charge in [-0.15, -0.1) is 0 Å². The van der Waals surface area contributed by atoms with Gasteiger partial charge >= 0.3 is 12.4 Å². The Morgan fingerprint density at radius 3 is 2.17 bits per heavy atom. The van der Waals surface area contributed by atoms with Crippen molar-refractivity contribution in [1.82, 2.24) is 5.43 Å². The maximum absolute atomic E-state index is 12.9. The Balaban J connectivity index is 2.16. The summed E-state index contributed by atoms with van der Waals surface area (Å²) in [7, 11) is 1.34. The van der Waals surface area contributed by atoms with E-state index in [9.17, 15) is 31.4 Å². The number of alkyl halides is 6. The third-order valence-corrected chi connectivity index (χ3v) is 3.66. The molecule has 5 nitrogen and oxygen atoms in total. The minimum absolute atomic E-state index is 0.00533. The van der Waals surface area contributed by atoms with Crippen molar-refractivity contribution < 1.29 is 36.2 Å². The number of para-hydroxylation sites is 1. The lowest BCUT2D eigenvalue weighted by atomic mass is 10.1. The van der Waals surface area contributed by atoms with E-state index in [-0.39, 0.29) is 28.2 Å². The molecule has 156 valence electrons. The SMILES string of the molecule is COc1cccc(/C=N\NC(=S)Nc2cc(C(F)(F)F)cc(C(F)(F)F)c2)c1O. The van der Waals surface area contributed by atoms with Crippen LogP contribution in [-0.2, 0) is 12.4 Å². The number of halogens is 6. The van der Waals surface area contributed by atoms with Gasteiger partial charge in [-0.3, -0.25) is 5.43 Å². The Morgan fingerprint density at radius 1 is 1.07 bits per heavy atom. The molecule has 2 aromatic rings. The van der Waals surface area contributed by atoms with Crippen LogP contribution >= 0.6 is 12.2 Å². The minimum Gasteiger partial charge on any atom is -0.504 e. The van der Waals surface area contributed by atoms with Gasteiger partial charge in [0, 0.05) is 11.3 Å². The van der Waals surface area contributed by atoms with Gasteiger partial charge < -0.3 is 15.2 Å². The van der Waals surface area contributed by atoms with Gasteiger partial charge in [0.2, 0.25) is 0 Å². The van der Waals surface area contributed by atoms with E-state index >= 15 is 0 Å². The van der Waals surface area contributed by atoms with Crippen molar-refractivity contribution in [2.24, 2.45) is 5.10 Å². The van der Waals surface area contributed by atoms with Crippen molar-refractivity contribution in [1.29, 1.82) is 0 Å². The summed E-state index contributed by atoms with van der Waals surface area (Å²) in [5, 5.41) is 15.4. The predicted molar refractivity (Wildman–Crippen MR) is 98.1 cm³/mol. The Kier molecular flexibility index (Phi) is 6.57. The number of phenolic OH excluding ortho intramolecular Hbond substituents is 1. The van der Waals surface area contributed by atoms with E-state index in [1.807, 2.05) is 0 Å². The molecule has 0 aliphatic heterocycles. The van der Waals surface area contributed by atoms with Crippen LogP contribution < -0.4 is 15.5 Å². The number of aromatic hydroxyl groups is 1. The minimum atomic E-state index is -4.98. The van der Waals surface area contributed by atoms with E-state index in [0.29, 0.717) is 12.1 Å². The zero-order valence-corrected chi connectivity index (χ0v) is 15.3. The van der Waals surface area contributed by atoms with Gasteiger partial charge in [-0.05, 0) is 42.5 Å². The van der Waals surface area contributed by atoms with Gasteiger partial charge in [0.25, 0.3) is 0 Å². The van der Waals surface area contributed by atoms with Gasteiger partial charge in [0.15, 0.2) is 16.6 Å². The van der Waals surface area contributed by atoms with E-state index in [4.69, 9.17) is 17.0 Å². The average molecular weight is 437 g/mol. The molecular formula is C17H13F6N3O2S. The number of phenols is 1. The summed E-state index contributed by atoms with van der Waals surface area (Å²) < 4.78 is 82.1. The number of rotatable bonds is 4. The first kappa shape index (κ1) is 22.3. The number of nitrogens with one attached hydrogen (secondary N) is 2. The molecule has 0 saturated carbocycles. The molecule has 0 amide bonds. The molecule has 0 atom stereocenters. The van der Waals surface area contributed by atoms with Crippen LogP contribution in [0.1, 0.15) is 16.7 Å². The number of benzene rings is 2. The van der Waals surface area contributed by atoms with Crippen LogP contribution in [0.3, 0.4) is 0 Å². The second-order valence-electron chi connectivity index (χ2n) is 5.52. The molecule has 0 unspecified atom stereocenters. The van der Waals surface area contributed by atoms with Crippen LogP contribution in [0.15, 0.2) is 41.5 Å². The van der Waals surface area contributed by atoms with Crippen LogP contribution in [0, 0.1) is 0 Å². The lowest BCUT2D eigenvalue weighted by Crippen LogP contribution is -2.24. The molecule has 0 spiro atoms. The summed E-state index contributed by atoms with van der Waals surface area (Å²) in [6.45, 7) is 0. The van der Waals surface area contributed by atoms with Gasteiger partial charge in [0.1, 0.15) is 0 Å². The van der Waals surface area contributed by atoms with E-state index in [2.05, 4.69) is 15.8 Å². The lowest BCUT2D eigenvalue weighted by molar-refractivity contribution is -0.143. The molecule has 12 heteroatoms. The normalized spacial score (nSPS) is 12.1. The summed E-state index contributed by atoms with van der Waals surface area (Å²) in [5.74, 6) is -0.0366. The topological polar surface area (TPSA) is 65.9 Å². The fourth-order valence-electron chi connectivity index (χ4n) is 2.15. The number of ether oxygens (including phenoxy) is 1. The monoisotopic (exact) mass is 437 g/mol. The molecule has 2 rings (SSSR count). The standard InChI is InChI=1S/C17H13F6N3O2S/c1-28-13-4-2-3-9(14(13)27)8-24-26-15(29)25-12-6-10(16(18,19)20)5-11(7-12)17(21,22)23/h2-8,27H,1H3,(H2,25,26,29)/b24-8-. The summed E-state index contributed by atoms with van der Waals surface area (Å²) in [4.78, 5) is 0. The first-order valence-corrected chi connectivity index (χ1v) is 8.08. The Labute approximate surface area is 166 Å². The highest BCUT2D eigenvalue weighted by atomic mass is 32.1. The third-order valence-electron chi connectivity index (χ3n) is 3.47. The lowest BCUT2D eigenvalue weighted by Gasteiger charge is -2.15. The smallest absolute Gasteiger partial charge is 0.416 e. The third kappa shape index (κ3) is 5.98. The molecule has 0 radical (unpaired) electrons. The molecule has 29 heavy (non-hydrogen) atoms. The molecule has 0 aliphatic carbocycles. The number of thiocarbonyl (C=S) groups is 1. The molecule has 0 heterocycles. The van der Waals surface area contributed by atoms with E-state index in [1.54, 1.807) is 6.07 Å². The highest BCUT2D eigenvalue weighted by Crippen LogP contribution is 2.37. The summed E-state index contributed by atoms with van der Waals surface area (Å²) in [5.41, 5.74) is -1.02. The fraction of sp³-hybridized carbons (Fsp3) is 0.176. The van der Waals surface area contributed by atoms with Crippen molar-refractivity contribution in [3.05, 3.63) is 53.1 Å². The number of anilines is 1. The first-order valence-electron chi connectivity index (χ1n) is 7.67. The van der Waals surface area contributed by atoms with Crippen LogP contribution in [-0.4, -0.2) is 23.5 Å². The summed E-state index contributed by atoms with van der Waals surface area (Å²) in [6.07, 6.45) is -8.82. The largest absolute Gasteiger partial charge is 0.504 e. The Hall–Kier alpha value is -3.02. The van der Waals surface area contributed by atoms with Crippen molar-refractivity contribution in [2.45, 2.75) is 12.4 Å². The maximum Gasteiger partial charge on any atom is 0.416 e. The number of hydrazone groups is 1. The van der Waals surface area contributed by atoms with Gasteiger partial charge in [0.05, 0.1) is 24.5 Å². The molecule has 0 fully saturated rings. The van der Waals surface area contributed by atoms with Crippen molar-refractivity contribution in [2.75, 3.05) is 12.4 Å². The highest BCUT2D eigenvalue weighted by Gasteiger charge is 2.37. The van der Waals surface area contributed by atoms with Crippen LogP contribution in [0.4, 0.5) is 32.0 Å². The van der Waals surface area contributed by atoms with Gasteiger partial charge in [-0.2, -0.15) is 31.4 Å². The van der Waals surface area contributed by atoms with E-state index in [1.165, 1.54) is 19.2 Å². The van der Waals surface area contributed by atoms with Crippen molar-refractivity contribution in [3.8, 4) is 11.5 Å². The van der Waals surface area contributed by atoms with Crippen molar-refractivity contribution in [3.63, 3.8) is 0 Å². The number of hydrogen-bond donors (Lipinski definition) is 3. The zero-order chi connectivity index (χ0) is 21.8. The maximum atomic E-state index is 12.9. The summed E-state index contributed by atoms with van der Waals surface area (Å²) in [6, 6.07) is 5.53. The van der Waals surface area contributed by atoms with Crippen LogP contribution in [0.25, 0.3) is 0 Å². The van der Waals surface area contributed by atoms with Crippen molar-refractivity contribution >= 4 is 29.2 Å². The Bertz CT molecular complexity index is 896. The quantitative estimate of drug-likeness (QED) is 0.279. The number of methoxy groups -OCH3 is 1. The highest BCUT2D eigenvalue weighted by molar-refractivity contribution is 7.80. The predicted octanol–water partition coefficient (Wildman–Crippen LogP) is 4.76. The van der Waals surface area contributed by atoms with E-state index < -0.39 is 29.2 Å². The molecule has 0 aromatic heterocycles. The molecule has 3 N–H and O–H groups in total. The zero-order valence-electron chi connectivity index (χ0n) is 14.5. The first-order chi connectivity index (χ1) is 13.4. The molecule has 2 aromatic carbocycles. The summed E-state index contributed by atoms with van der Waals surface area (Å²) >= 11 is 4.82. The molecule has 0 bridgehead atoms. The number of hydrogen-bond acceptors (Lipinski definition) is 4.